The first-order valence-corrected chi connectivity index (χ1v) is 6.47. The zero-order chi connectivity index (χ0) is 14.2. The van der Waals surface area contributed by atoms with Crippen LogP contribution in [0.25, 0.3) is 0 Å². The number of hydrogen-bond acceptors (Lipinski definition) is 4. The molecule has 1 aromatic rings. The number of halogens is 1. The molecule has 2 rings (SSSR count). The molecule has 0 radical (unpaired) electrons. The zero-order valence-corrected chi connectivity index (χ0v) is 12.1. The van der Waals surface area contributed by atoms with Gasteiger partial charge in [-0.2, -0.15) is 5.26 Å². The fourth-order valence-corrected chi connectivity index (χ4v) is 2.56. The second-order valence-corrected chi connectivity index (χ2v) is 5.65. The van der Waals surface area contributed by atoms with E-state index in [2.05, 4.69) is 21.2 Å². The molecular weight excluding hydrogens is 310 g/mol. The molecule has 1 aliphatic rings. The van der Waals surface area contributed by atoms with E-state index in [9.17, 15) is 9.59 Å². The lowest BCUT2D eigenvalue weighted by Gasteiger charge is -2.42. The molecule has 1 aliphatic heterocycles. The Morgan fingerprint density at radius 1 is 1.42 bits per heavy atom. The summed E-state index contributed by atoms with van der Waals surface area (Å²) in [5, 5.41) is 11.2. The maximum atomic E-state index is 11.9. The Hall–Kier alpha value is -1.87. The summed E-state index contributed by atoms with van der Waals surface area (Å²) in [6, 6.07) is 7.10. The summed E-state index contributed by atoms with van der Waals surface area (Å²) < 4.78 is 0.683. The molecule has 1 heterocycles. The molecule has 0 atom stereocenters. The number of imide groups is 1. The summed E-state index contributed by atoms with van der Waals surface area (Å²) in [7, 11) is 0. The first kappa shape index (κ1) is 13.6. The fraction of sp³-hybridized carbons (Fsp3) is 0.308. The Bertz CT molecular complexity index is 604. The Kier molecular flexibility index (Phi) is 3.33. The summed E-state index contributed by atoms with van der Waals surface area (Å²) in [5.74, 6) is -0.666. The number of carbonyl (C=O) groups excluding carboxylic acids is 2. The van der Waals surface area contributed by atoms with Crippen molar-refractivity contribution in [2.24, 2.45) is 0 Å². The van der Waals surface area contributed by atoms with Crippen molar-refractivity contribution in [3.8, 4) is 6.07 Å². The lowest BCUT2D eigenvalue weighted by atomic mass is 9.97. The highest BCUT2D eigenvalue weighted by atomic mass is 79.9. The van der Waals surface area contributed by atoms with E-state index in [4.69, 9.17) is 5.26 Å². The summed E-state index contributed by atoms with van der Waals surface area (Å²) in [6.07, 6.45) is 0. The lowest BCUT2D eigenvalue weighted by molar-refractivity contribution is -0.135. The third kappa shape index (κ3) is 2.34. The molecule has 0 aliphatic carbocycles. The van der Waals surface area contributed by atoms with Crippen molar-refractivity contribution in [1.82, 2.24) is 5.32 Å². The van der Waals surface area contributed by atoms with Gasteiger partial charge in [-0.25, -0.2) is 0 Å². The number of amides is 2. The summed E-state index contributed by atoms with van der Waals surface area (Å²) in [4.78, 5) is 25.2. The number of nitrogens with one attached hydrogen (secondary N) is 1. The van der Waals surface area contributed by atoms with Crippen molar-refractivity contribution >= 4 is 33.4 Å². The molecule has 0 unspecified atom stereocenters. The van der Waals surface area contributed by atoms with Crippen LogP contribution in [0.5, 0.6) is 0 Å². The van der Waals surface area contributed by atoms with Gasteiger partial charge in [0.05, 0.1) is 23.9 Å². The normalized spacial score (nSPS) is 17.9. The van der Waals surface area contributed by atoms with Crippen LogP contribution >= 0.6 is 15.9 Å². The molecule has 1 saturated heterocycles. The minimum absolute atomic E-state index is 0.100. The quantitative estimate of drug-likeness (QED) is 0.797. The Morgan fingerprint density at radius 3 is 2.68 bits per heavy atom. The van der Waals surface area contributed by atoms with E-state index >= 15 is 0 Å². The molecule has 1 fully saturated rings. The first-order chi connectivity index (χ1) is 8.86. The second-order valence-electron chi connectivity index (χ2n) is 4.80. The van der Waals surface area contributed by atoms with E-state index < -0.39 is 5.54 Å². The van der Waals surface area contributed by atoms with E-state index in [0.29, 0.717) is 15.7 Å². The van der Waals surface area contributed by atoms with Crippen molar-refractivity contribution < 1.29 is 9.59 Å². The molecule has 0 aromatic heterocycles. The van der Waals surface area contributed by atoms with Crippen molar-refractivity contribution in [3.63, 3.8) is 0 Å². The molecule has 5 nitrogen and oxygen atoms in total. The van der Waals surface area contributed by atoms with Crippen molar-refractivity contribution in [1.29, 1.82) is 5.26 Å². The number of piperazine rings is 1. The third-order valence-corrected chi connectivity index (χ3v) is 3.79. The van der Waals surface area contributed by atoms with Gasteiger partial charge in [0.2, 0.25) is 5.91 Å². The van der Waals surface area contributed by atoms with Crippen LogP contribution in [0, 0.1) is 11.3 Å². The summed E-state index contributed by atoms with van der Waals surface area (Å²) >= 11 is 3.38. The van der Waals surface area contributed by atoms with E-state index in [-0.39, 0.29) is 18.4 Å². The molecular formula is C13H12BrN3O2. The maximum Gasteiger partial charge on any atom is 0.251 e. The number of hydrogen-bond donors (Lipinski definition) is 1. The van der Waals surface area contributed by atoms with Crippen LogP contribution in [-0.4, -0.2) is 23.9 Å². The van der Waals surface area contributed by atoms with Gasteiger partial charge in [0, 0.05) is 4.47 Å². The molecule has 19 heavy (non-hydrogen) atoms. The number of carbonyl (C=O) groups is 2. The van der Waals surface area contributed by atoms with Gasteiger partial charge in [-0.05, 0) is 48.0 Å². The predicted octanol–water partition coefficient (Wildman–Crippen LogP) is 1.56. The second kappa shape index (κ2) is 4.67. The Labute approximate surface area is 119 Å². The fourth-order valence-electron chi connectivity index (χ4n) is 1.96. The van der Waals surface area contributed by atoms with Gasteiger partial charge in [-0.15, -0.1) is 0 Å². The van der Waals surface area contributed by atoms with Gasteiger partial charge in [-0.3, -0.25) is 14.9 Å². The highest BCUT2D eigenvalue weighted by molar-refractivity contribution is 9.10. The largest absolute Gasteiger partial charge is 0.347 e. The Morgan fingerprint density at radius 2 is 2.11 bits per heavy atom. The van der Waals surface area contributed by atoms with Crippen LogP contribution in [0.1, 0.15) is 19.4 Å². The van der Waals surface area contributed by atoms with Crippen LogP contribution in [0.15, 0.2) is 22.7 Å². The molecule has 1 N–H and O–H groups in total. The van der Waals surface area contributed by atoms with E-state index in [0.717, 1.165) is 0 Å². The number of nitrogens with zero attached hydrogens (tertiary/aromatic N) is 2. The maximum absolute atomic E-state index is 11.9. The van der Waals surface area contributed by atoms with Gasteiger partial charge in [-0.1, -0.05) is 0 Å². The highest BCUT2D eigenvalue weighted by Crippen LogP contribution is 2.33. The molecule has 0 spiro atoms. The standard InChI is InChI=1S/C13H12BrN3O2/c1-13(2)12(19)16-11(18)7-17(13)10-4-3-8(6-15)5-9(10)14/h3-5H,7H2,1-2H3,(H,16,18,19). The molecule has 1 aromatic carbocycles. The van der Waals surface area contributed by atoms with Gasteiger partial charge >= 0.3 is 0 Å². The number of nitriles is 1. The van der Waals surface area contributed by atoms with Crippen LogP contribution in [-0.2, 0) is 9.59 Å². The number of anilines is 1. The molecule has 98 valence electrons. The average Bonchev–Trinajstić information content (AvgIpc) is 2.34. The van der Waals surface area contributed by atoms with Crippen molar-refractivity contribution in [2.45, 2.75) is 19.4 Å². The number of benzene rings is 1. The molecule has 0 saturated carbocycles. The van der Waals surface area contributed by atoms with Crippen molar-refractivity contribution in [3.05, 3.63) is 28.2 Å². The SMILES string of the molecule is CC1(C)C(=O)NC(=O)CN1c1ccc(C#N)cc1Br. The van der Waals surface area contributed by atoms with Gasteiger partial charge in [0.25, 0.3) is 5.91 Å². The van der Waals surface area contributed by atoms with Gasteiger partial charge in [0.1, 0.15) is 5.54 Å². The first-order valence-electron chi connectivity index (χ1n) is 5.68. The average molecular weight is 322 g/mol. The summed E-state index contributed by atoms with van der Waals surface area (Å²) in [6.45, 7) is 3.60. The minimum Gasteiger partial charge on any atom is -0.347 e. The zero-order valence-electron chi connectivity index (χ0n) is 10.5. The Balaban J connectivity index is 2.48. The van der Waals surface area contributed by atoms with Crippen LogP contribution in [0.3, 0.4) is 0 Å². The number of rotatable bonds is 1. The van der Waals surface area contributed by atoms with Gasteiger partial charge < -0.3 is 4.90 Å². The third-order valence-electron chi connectivity index (χ3n) is 3.15. The van der Waals surface area contributed by atoms with E-state index in [1.54, 1.807) is 36.9 Å². The smallest absolute Gasteiger partial charge is 0.251 e. The monoisotopic (exact) mass is 321 g/mol. The van der Waals surface area contributed by atoms with E-state index in [1.165, 1.54) is 0 Å². The molecule has 6 heteroatoms. The lowest BCUT2D eigenvalue weighted by Crippen LogP contribution is -2.64. The summed E-state index contributed by atoms with van der Waals surface area (Å²) in [5.41, 5.74) is 0.401. The van der Waals surface area contributed by atoms with Crippen LogP contribution in [0.4, 0.5) is 5.69 Å². The van der Waals surface area contributed by atoms with Crippen LogP contribution in [0.2, 0.25) is 0 Å². The van der Waals surface area contributed by atoms with Crippen LogP contribution < -0.4 is 10.2 Å². The predicted molar refractivity (Wildman–Crippen MR) is 73.4 cm³/mol. The topological polar surface area (TPSA) is 73.2 Å². The van der Waals surface area contributed by atoms with Crippen molar-refractivity contribution in [2.75, 3.05) is 11.4 Å². The van der Waals surface area contributed by atoms with E-state index in [1.807, 2.05) is 6.07 Å². The van der Waals surface area contributed by atoms with Gasteiger partial charge in [0.15, 0.2) is 0 Å². The molecule has 0 bridgehead atoms. The highest BCUT2D eigenvalue weighted by Gasteiger charge is 2.41. The molecule has 2 amide bonds. The minimum atomic E-state index is -0.829.